The lowest BCUT2D eigenvalue weighted by atomic mass is 10.5. The number of nitrogens with zero attached hydrogens (tertiary/aromatic N) is 4. The quantitative estimate of drug-likeness (QED) is 0.263. The summed E-state index contributed by atoms with van der Waals surface area (Å²) in [7, 11) is 3.79. The van der Waals surface area contributed by atoms with Crippen LogP contribution in [0.1, 0.15) is 0 Å². The Morgan fingerprint density at radius 2 is 2.20 bits per heavy atom. The van der Waals surface area contributed by atoms with Crippen molar-refractivity contribution < 1.29 is 9.59 Å². The number of hydrogen-bond acceptors (Lipinski definition) is 2. The molecule has 5 nitrogen and oxygen atoms in total. The van der Waals surface area contributed by atoms with Crippen molar-refractivity contribution in [3.8, 4) is 0 Å². The fraction of sp³-hybridized carbons (Fsp3) is 1.00. The first-order chi connectivity index (χ1) is 4.62. The van der Waals surface area contributed by atoms with Gasteiger partial charge in [-0.05, 0) is 10.6 Å². The van der Waals surface area contributed by atoms with Crippen LogP contribution in [0.2, 0.25) is 0 Å². The first-order valence-corrected chi connectivity index (χ1v) is 3.06. The highest BCUT2D eigenvalue weighted by Gasteiger charge is 2.10. The summed E-state index contributed by atoms with van der Waals surface area (Å²) in [5, 5.41) is 12.0. The van der Waals surface area contributed by atoms with Gasteiger partial charge in [-0.2, -0.15) is 0 Å². The molecule has 0 radical (unpaired) electrons. The highest BCUT2D eigenvalue weighted by Crippen LogP contribution is 1.94. The van der Waals surface area contributed by atoms with E-state index in [1.807, 2.05) is 14.1 Å². The van der Waals surface area contributed by atoms with Crippen LogP contribution in [-0.2, 0) is 0 Å². The Morgan fingerprint density at radius 3 is 2.60 bits per heavy atom. The molecule has 0 rings (SSSR count). The minimum atomic E-state index is 0.119. The maximum absolute atomic E-state index is 8.55. The van der Waals surface area contributed by atoms with Gasteiger partial charge in [0, 0.05) is 4.91 Å². The standard InChI is InChI=1S/C5H13N4O/c1-9(2,3-4-10)5-7-8-6/h10H,3-5H2,1-2H3/q+1. The van der Waals surface area contributed by atoms with Gasteiger partial charge in [0.2, 0.25) is 0 Å². The molecule has 58 valence electrons. The number of aliphatic hydroxyl groups excluding tert-OH is 1. The van der Waals surface area contributed by atoms with Gasteiger partial charge in [-0.3, -0.25) is 0 Å². The average Bonchev–Trinajstić information content (AvgIpc) is 1.84. The monoisotopic (exact) mass is 145 g/mol. The molecule has 0 aliphatic carbocycles. The minimum Gasteiger partial charge on any atom is -0.391 e. The predicted molar refractivity (Wildman–Crippen MR) is 38.1 cm³/mol. The van der Waals surface area contributed by atoms with Crippen LogP contribution in [0.4, 0.5) is 0 Å². The van der Waals surface area contributed by atoms with E-state index in [1.54, 1.807) is 0 Å². The SMILES string of the molecule is C[N+](C)(CCO)CN=[N+]=[N-]. The maximum Gasteiger partial charge on any atom is 0.159 e. The minimum absolute atomic E-state index is 0.119. The van der Waals surface area contributed by atoms with E-state index in [0.717, 1.165) is 0 Å². The number of likely N-dealkylation sites (N-methyl/N-ethyl adjacent to an activating group) is 1. The summed E-state index contributed by atoms with van der Waals surface area (Å²) >= 11 is 0. The average molecular weight is 145 g/mol. The molecule has 0 amide bonds. The topological polar surface area (TPSA) is 69.0 Å². The number of azide groups is 1. The van der Waals surface area contributed by atoms with Crippen molar-refractivity contribution >= 4 is 0 Å². The van der Waals surface area contributed by atoms with Gasteiger partial charge in [0.25, 0.3) is 0 Å². The lowest BCUT2D eigenvalue weighted by Crippen LogP contribution is -2.41. The second-order valence-electron chi connectivity index (χ2n) is 2.76. The third kappa shape index (κ3) is 4.14. The van der Waals surface area contributed by atoms with Crippen LogP contribution in [0.25, 0.3) is 10.4 Å². The summed E-state index contributed by atoms with van der Waals surface area (Å²) in [6, 6.07) is 0. The van der Waals surface area contributed by atoms with Gasteiger partial charge in [0.15, 0.2) is 6.67 Å². The lowest BCUT2D eigenvalue weighted by Gasteiger charge is -2.26. The van der Waals surface area contributed by atoms with Gasteiger partial charge in [-0.15, -0.1) is 0 Å². The molecule has 10 heavy (non-hydrogen) atoms. The van der Waals surface area contributed by atoms with Crippen molar-refractivity contribution in [2.45, 2.75) is 0 Å². The van der Waals surface area contributed by atoms with Gasteiger partial charge in [-0.1, -0.05) is 0 Å². The first kappa shape index (κ1) is 9.23. The van der Waals surface area contributed by atoms with Gasteiger partial charge in [0.05, 0.1) is 20.7 Å². The normalized spacial score (nSPS) is 10.7. The van der Waals surface area contributed by atoms with Crippen molar-refractivity contribution in [2.24, 2.45) is 5.11 Å². The van der Waals surface area contributed by atoms with E-state index < -0.39 is 0 Å². The van der Waals surface area contributed by atoms with Crippen LogP contribution < -0.4 is 0 Å². The molecule has 0 bridgehead atoms. The van der Waals surface area contributed by atoms with Gasteiger partial charge >= 0.3 is 0 Å². The number of rotatable bonds is 4. The van der Waals surface area contributed by atoms with Crippen molar-refractivity contribution in [3.05, 3.63) is 10.4 Å². The Morgan fingerprint density at radius 1 is 1.60 bits per heavy atom. The molecule has 0 aliphatic rings. The van der Waals surface area contributed by atoms with Crippen LogP contribution in [0.3, 0.4) is 0 Å². The number of quaternary nitrogens is 1. The molecule has 0 unspecified atom stereocenters. The third-order valence-electron chi connectivity index (χ3n) is 1.21. The van der Waals surface area contributed by atoms with Crippen molar-refractivity contribution in [2.75, 3.05) is 33.9 Å². The molecule has 0 aromatic heterocycles. The van der Waals surface area contributed by atoms with E-state index in [0.29, 0.717) is 17.7 Å². The second-order valence-corrected chi connectivity index (χ2v) is 2.76. The molecular weight excluding hydrogens is 132 g/mol. The molecule has 0 atom stereocenters. The Kier molecular flexibility index (Phi) is 3.79. The van der Waals surface area contributed by atoms with Crippen LogP contribution in [0.5, 0.6) is 0 Å². The van der Waals surface area contributed by atoms with E-state index in [1.165, 1.54) is 0 Å². The molecule has 0 aromatic rings. The Balaban J connectivity index is 3.73. The van der Waals surface area contributed by atoms with Crippen LogP contribution in [-0.4, -0.2) is 43.5 Å². The largest absolute Gasteiger partial charge is 0.391 e. The van der Waals surface area contributed by atoms with Gasteiger partial charge < -0.3 is 9.59 Å². The smallest absolute Gasteiger partial charge is 0.159 e. The third-order valence-corrected chi connectivity index (χ3v) is 1.21. The molecule has 0 fully saturated rings. The van der Waals surface area contributed by atoms with Crippen molar-refractivity contribution in [1.82, 2.24) is 0 Å². The summed E-state index contributed by atoms with van der Waals surface area (Å²) < 4.78 is 0.528. The molecule has 0 aromatic carbocycles. The Hall–Kier alpha value is -0.770. The number of aliphatic hydroxyl groups is 1. The molecule has 0 saturated carbocycles. The van der Waals surface area contributed by atoms with Gasteiger partial charge in [0.1, 0.15) is 6.54 Å². The van der Waals surface area contributed by atoms with E-state index in [-0.39, 0.29) is 6.61 Å². The van der Waals surface area contributed by atoms with E-state index in [4.69, 9.17) is 10.6 Å². The predicted octanol–water partition coefficient (Wildman–Crippen LogP) is 0.323. The first-order valence-electron chi connectivity index (χ1n) is 3.06. The summed E-state index contributed by atoms with van der Waals surface area (Å²) in [5.41, 5.74) is 7.98. The van der Waals surface area contributed by atoms with E-state index in [9.17, 15) is 0 Å². The highest BCUT2D eigenvalue weighted by molar-refractivity contribution is 4.37. The zero-order chi connectivity index (χ0) is 8.04. The van der Waals surface area contributed by atoms with E-state index in [2.05, 4.69) is 10.0 Å². The Bertz CT molecular complexity index is 139. The number of hydrogen-bond donors (Lipinski definition) is 1. The molecular formula is C5H13N4O+. The van der Waals surface area contributed by atoms with Crippen molar-refractivity contribution in [1.29, 1.82) is 0 Å². The maximum atomic E-state index is 8.55. The molecule has 0 spiro atoms. The Labute approximate surface area is 60.1 Å². The van der Waals surface area contributed by atoms with Crippen LogP contribution in [0.15, 0.2) is 5.11 Å². The van der Waals surface area contributed by atoms with Crippen molar-refractivity contribution in [3.63, 3.8) is 0 Å². The molecule has 1 N–H and O–H groups in total. The molecule has 0 aliphatic heterocycles. The molecule has 0 heterocycles. The summed E-state index contributed by atoms with van der Waals surface area (Å²) in [4.78, 5) is 2.63. The van der Waals surface area contributed by atoms with Crippen LogP contribution >= 0.6 is 0 Å². The van der Waals surface area contributed by atoms with E-state index >= 15 is 0 Å². The zero-order valence-electron chi connectivity index (χ0n) is 6.36. The molecule has 5 heteroatoms. The fourth-order valence-electron chi connectivity index (χ4n) is 0.541. The highest BCUT2D eigenvalue weighted by atomic mass is 16.3. The fourth-order valence-corrected chi connectivity index (χ4v) is 0.541. The summed E-state index contributed by atoms with van der Waals surface area (Å²) in [6.45, 7) is 1.12. The van der Waals surface area contributed by atoms with Crippen LogP contribution in [0, 0.1) is 0 Å². The second kappa shape index (κ2) is 4.11. The van der Waals surface area contributed by atoms with Gasteiger partial charge in [-0.25, -0.2) is 0 Å². The molecule has 0 saturated heterocycles. The zero-order valence-corrected chi connectivity index (χ0v) is 6.36. The summed E-state index contributed by atoms with van der Waals surface area (Å²) in [6.07, 6.45) is 0. The lowest BCUT2D eigenvalue weighted by molar-refractivity contribution is -0.890. The summed E-state index contributed by atoms with van der Waals surface area (Å²) in [5.74, 6) is 0.